The normalized spacial score (nSPS) is 14.6. The van der Waals surface area contributed by atoms with Crippen LogP contribution in [0.5, 0.6) is 0 Å². The summed E-state index contributed by atoms with van der Waals surface area (Å²) in [5.74, 6) is 1.08. The van der Waals surface area contributed by atoms with Gasteiger partial charge in [-0.25, -0.2) is 0 Å². The first-order valence-corrected chi connectivity index (χ1v) is 6.86. The topological polar surface area (TPSA) is 36.4 Å². The lowest BCUT2D eigenvalue weighted by atomic mass is 10.0. The third kappa shape index (κ3) is 11.9. The number of nitrogens with one attached hydrogen (secondary N) is 2. The summed E-state index contributed by atoms with van der Waals surface area (Å²) in [5, 5.41) is 6.09. The maximum Gasteiger partial charge on any atom is 0.390 e. The fourth-order valence-corrected chi connectivity index (χ4v) is 1.50. The highest BCUT2D eigenvalue weighted by atomic mass is 19.4. The van der Waals surface area contributed by atoms with Gasteiger partial charge in [0.2, 0.25) is 0 Å². The standard InChI is InChI=1S/C13H26F3N3/c1-5-17-12(18-9-8-13(14,15)16)19-11(4)7-6-10(2)3/h10-11H,5-9H2,1-4H3,(H2,17,18,19). The van der Waals surface area contributed by atoms with Crippen LogP contribution < -0.4 is 10.6 Å². The van der Waals surface area contributed by atoms with Crippen LogP contribution in [0.2, 0.25) is 0 Å². The maximum absolute atomic E-state index is 12.1. The molecule has 3 nitrogen and oxygen atoms in total. The summed E-state index contributed by atoms with van der Waals surface area (Å²) in [5.41, 5.74) is 0. The molecule has 0 aromatic carbocycles. The van der Waals surface area contributed by atoms with E-state index in [1.54, 1.807) is 0 Å². The van der Waals surface area contributed by atoms with E-state index in [0.717, 1.165) is 12.8 Å². The van der Waals surface area contributed by atoms with Crippen LogP contribution in [0.1, 0.15) is 47.0 Å². The Hall–Kier alpha value is -0.940. The molecule has 0 aliphatic rings. The number of aliphatic imine (C=N–C) groups is 1. The van der Waals surface area contributed by atoms with E-state index in [1.165, 1.54) is 0 Å². The molecular weight excluding hydrogens is 255 g/mol. The van der Waals surface area contributed by atoms with Crippen LogP contribution in [-0.2, 0) is 0 Å². The molecule has 0 radical (unpaired) electrons. The minimum absolute atomic E-state index is 0.200. The Labute approximate surface area is 114 Å². The molecule has 0 aromatic rings. The average molecular weight is 281 g/mol. The van der Waals surface area contributed by atoms with Crippen LogP contribution in [0, 0.1) is 5.92 Å². The summed E-state index contributed by atoms with van der Waals surface area (Å²) in [4.78, 5) is 3.94. The van der Waals surface area contributed by atoms with Gasteiger partial charge >= 0.3 is 6.18 Å². The predicted octanol–water partition coefficient (Wildman–Crippen LogP) is 3.32. The number of alkyl halides is 3. The van der Waals surface area contributed by atoms with Crippen molar-refractivity contribution in [3.8, 4) is 0 Å². The average Bonchev–Trinajstić information content (AvgIpc) is 2.24. The molecule has 114 valence electrons. The van der Waals surface area contributed by atoms with Crippen molar-refractivity contribution in [1.82, 2.24) is 10.6 Å². The minimum Gasteiger partial charge on any atom is -0.357 e. The van der Waals surface area contributed by atoms with Crippen LogP contribution in [0.4, 0.5) is 13.2 Å². The summed E-state index contributed by atoms with van der Waals surface area (Å²) >= 11 is 0. The van der Waals surface area contributed by atoms with Gasteiger partial charge in [0, 0.05) is 12.6 Å². The predicted molar refractivity (Wildman–Crippen MR) is 73.3 cm³/mol. The Kier molecular flexibility index (Phi) is 8.59. The zero-order valence-corrected chi connectivity index (χ0v) is 12.3. The number of hydrogen-bond acceptors (Lipinski definition) is 1. The van der Waals surface area contributed by atoms with Gasteiger partial charge in [0.25, 0.3) is 0 Å². The van der Waals surface area contributed by atoms with E-state index in [-0.39, 0.29) is 12.6 Å². The van der Waals surface area contributed by atoms with Crippen molar-refractivity contribution in [2.45, 2.75) is 59.2 Å². The molecule has 2 N–H and O–H groups in total. The van der Waals surface area contributed by atoms with Crippen molar-refractivity contribution in [2.24, 2.45) is 10.9 Å². The van der Waals surface area contributed by atoms with Crippen LogP contribution in [0.3, 0.4) is 0 Å². The molecule has 0 amide bonds. The molecule has 0 saturated carbocycles. The van der Waals surface area contributed by atoms with Crippen molar-refractivity contribution < 1.29 is 13.2 Å². The minimum atomic E-state index is -4.15. The molecule has 19 heavy (non-hydrogen) atoms. The van der Waals surface area contributed by atoms with Crippen molar-refractivity contribution in [2.75, 3.05) is 13.1 Å². The first-order chi connectivity index (χ1) is 8.74. The summed E-state index contributed by atoms with van der Waals surface area (Å²) in [6.07, 6.45) is -2.98. The lowest BCUT2D eigenvalue weighted by Gasteiger charge is -2.18. The molecule has 1 atom stereocenters. The Morgan fingerprint density at radius 1 is 1.16 bits per heavy atom. The van der Waals surface area contributed by atoms with Gasteiger partial charge in [-0.05, 0) is 32.6 Å². The molecule has 0 aliphatic carbocycles. The second-order valence-corrected chi connectivity index (χ2v) is 5.14. The lowest BCUT2D eigenvalue weighted by Crippen LogP contribution is -2.42. The summed E-state index contributed by atoms with van der Waals surface area (Å²) in [6.45, 7) is 8.59. The number of hydrogen-bond donors (Lipinski definition) is 2. The SMILES string of the molecule is CCNC(=NCCC(F)(F)F)NC(C)CCC(C)C. The summed E-state index contributed by atoms with van der Waals surface area (Å²) in [6, 6.07) is 0.200. The van der Waals surface area contributed by atoms with Gasteiger partial charge in [-0.15, -0.1) is 0 Å². The smallest absolute Gasteiger partial charge is 0.357 e. The highest BCUT2D eigenvalue weighted by molar-refractivity contribution is 5.80. The molecule has 0 aliphatic heterocycles. The molecule has 0 saturated heterocycles. The maximum atomic E-state index is 12.1. The van der Waals surface area contributed by atoms with Crippen LogP contribution in [0.25, 0.3) is 0 Å². The zero-order valence-electron chi connectivity index (χ0n) is 12.3. The Morgan fingerprint density at radius 3 is 2.26 bits per heavy atom. The number of nitrogens with zero attached hydrogens (tertiary/aromatic N) is 1. The van der Waals surface area contributed by atoms with E-state index in [1.807, 2.05) is 13.8 Å². The highest BCUT2D eigenvalue weighted by Gasteiger charge is 2.26. The molecule has 0 rings (SSSR count). The molecule has 0 spiro atoms. The fourth-order valence-electron chi connectivity index (χ4n) is 1.50. The van der Waals surface area contributed by atoms with Crippen molar-refractivity contribution in [3.05, 3.63) is 0 Å². The van der Waals surface area contributed by atoms with E-state index in [0.29, 0.717) is 18.4 Å². The quantitative estimate of drug-likeness (QED) is 0.555. The fraction of sp³-hybridized carbons (Fsp3) is 0.923. The first-order valence-electron chi connectivity index (χ1n) is 6.86. The lowest BCUT2D eigenvalue weighted by molar-refractivity contribution is -0.132. The van der Waals surface area contributed by atoms with E-state index in [4.69, 9.17) is 0 Å². The monoisotopic (exact) mass is 281 g/mol. The Balaban J connectivity index is 4.19. The molecule has 0 aromatic heterocycles. The number of guanidine groups is 1. The zero-order chi connectivity index (χ0) is 14.9. The number of rotatable bonds is 7. The van der Waals surface area contributed by atoms with Crippen molar-refractivity contribution >= 4 is 5.96 Å². The van der Waals surface area contributed by atoms with E-state index in [9.17, 15) is 13.2 Å². The molecule has 0 heterocycles. The third-order valence-corrected chi connectivity index (χ3v) is 2.57. The van der Waals surface area contributed by atoms with Crippen LogP contribution in [-0.4, -0.2) is 31.3 Å². The highest BCUT2D eigenvalue weighted by Crippen LogP contribution is 2.18. The summed E-state index contributed by atoms with van der Waals surface area (Å²) in [7, 11) is 0. The van der Waals surface area contributed by atoms with Crippen molar-refractivity contribution in [1.29, 1.82) is 0 Å². The van der Waals surface area contributed by atoms with Gasteiger partial charge in [0.15, 0.2) is 5.96 Å². The van der Waals surface area contributed by atoms with Gasteiger partial charge in [0.05, 0.1) is 13.0 Å². The second-order valence-electron chi connectivity index (χ2n) is 5.14. The molecule has 1 unspecified atom stereocenters. The van der Waals surface area contributed by atoms with E-state index < -0.39 is 12.6 Å². The van der Waals surface area contributed by atoms with Crippen molar-refractivity contribution in [3.63, 3.8) is 0 Å². The van der Waals surface area contributed by atoms with Gasteiger partial charge < -0.3 is 10.6 Å². The van der Waals surface area contributed by atoms with Crippen LogP contribution >= 0.6 is 0 Å². The Morgan fingerprint density at radius 2 is 1.79 bits per heavy atom. The van der Waals surface area contributed by atoms with Gasteiger partial charge in [0.1, 0.15) is 0 Å². The Bertz CT molecular complexity index is 262. The number of halogens is 3. The molecule has 0 fully saturated rings. The van der Waals surface area contributed by atoms with Gasteiger partial charge in [-0.1, -0.05) is 13.8 Å². The summed E-state index contributed by atoms with van der Waals surface area (Å²) < 4.78 is 36.2. The van der Waals surface area contributed by atoms with E-state index in [2.05, 4.69) is 29.5 Å². The van der Waals surface area contributed by atoms with Gasteiger partial charge in [-0.3, -0.25) is 4.99 Å². The third-order valence-electron chi connectivity index (χ3n) is 2.57. The largest absolute Gasteiger partial charge is 0.390 e. The van der Waals surface area contributed by atoms with E-state index >= 15 is 0 Å². The first kappa shape index (κ1) is 18.1. The molecule has 6 heteroatoms. The second kappa shape index (κ2) is 9.04. The molecule has 0 bridgehead atoms. The van der Waals surface area contributed by atoms with Crippen LogP contribution in [0.15, 0.2) is 4.99 Å². The molecular formula is C13H26F3N3. The van der Waals surface area contributed by atoms with Gasteiger partial charge in [-0.2, -0.15) is 13.2 Å².